The number of anilines is 6. The minimum Gasteiger partial charge on any atom is -0.457 e. The second-order valence-corrected chi connectivity index (χ2v) is 18.6. The van der Waals surface area contributed by atoms with Crippen molar-refractivity contribution < 1.29 is 4.74 Å². The highest BCUT2D eigenvalue weighted by Crippen LogP contribution is 2.69. The Balaban J connectivity index is 1.04. The minimum absolute atomic E-state index is 0.156. The van der Waals surface area contributed by atoms with Crippen LogP contribution in [-0.4, -0.2) is 0 Å². The van der Waals surface area contributed by atoms with Crippen LogP contribution in [0.2, 0.25) is 0 Å². The SMILES string of the molecule is Cc1ccccc1N(c1ccc(C#N)cc1)c1ccc2cc3c(cc2c1)C1(c2cc4cc(N(c5ccc(C#N)cc5)c5ccccc5C)ccc4cc2O3)C2CC3CC(C2)CC1C3. The molecule has 5 heteroatoms. The molecule has 1 heterocycles. The van der Waals surface area contributed by atoms with E-state index in [9.17, 15) is 10.5 Å². The zero-order chi connectivity index (χ0) is 42.4. The molecule has 0 atom stereocenters. The number of rotatable bonds is 6. The van der Waals surface area contributed by atoms with E-state index < -0.39 is 0 Å². The Bertz CT molecular complexity index is 3000. The van der Waals surface area contributed by atoms with Gasteiger partial charge in [0.1, 0.15) is 11.5 Å². The van der Waals surface area contributed by atoms with Crippen LogP contribution in [0.4, 0.5) is 34.1 Å². The first-order chi connectivity index (χ1) is 30.9. The highest BCUT2D eigenvalue weighted by Gasteiger charge is 2.61. The van der Waals surface area contributed by atoms with Crippen LogP contribution < -0.4 is 14.5 Å². The molecule has 0 N–H and O–H groups in total. The highest BCUT2D eigenvalue weighted by atomic mass is 16.5. The van der Waals surface area contributed by atoms with Gasteiger partial charge in [0.15, 0.2) is 0 Å². The van der Waals surface area contributed by atoms with Crippen molar-refractivity contribution >= 4 is 55.7 Å². The lowest BCUT2D eigenvalue weighted by Crippen LogP contribution is -2.57. The van der Waals surface area contributed by atoms with Gasteiger partial charge in [0, 0.05) is 50.7 Å². The van der Waals surface area contributed by atoms with Gasteiger partial charge < -0.3 is 14.5 Å². The Morgan fingerprint density at radius 1 is 0.460 bits per heavy atom. The zero-order valence-corrected chi connectivity index (χ0v) is 35.6. The van der Waals surface area contributed by atoms with Gasteiger partial charge in [-0.15, -0.1) is 0 Å². The van der Waals surface area contributed by atoms with Crippen LogP contribution in [0.3, 0.4) is 0 Å². The molecule has 5 aliphatic rings. The number of hydrogen-bond acceptors (Lipinski definition) is 5. The molecule has 0 unspecified atom stereocenters. The first-order valence-corrected chi connectivity index (χ1v) is 22.4. The van der Waals surface area contributed by atoms with Crippen molar-refractivity contribution in [3.05, 3.63) is 191 Å². The van der Waals surface area contributed by atoms with Crippen molar-refractivity contribution in [2.75, 3.05) is 9.80 Å². The van der Waals surface area contributed by atoms with Crippen LogP contribution in [0.5, 0.6) is 11.5 Å². The zero-order valence-electron chi connectivity index (χ0n) is 35.6. The fourth-order valence-corrected chi connectivity index (χ4v) is 12.5. The highest BCUT2D eigenvalue weighted by molar-refractivity contribution is 5.95. The number of nitrogens with zero attached hydrogens (tertiary/aromatic N) is 4. The summed E-state index contributed by atoms with van der Waals surface area (Å²) in [5, 5.41) is 24.0. The molecule has 304 valence electrons. The molecule has 1 spiro atoms. The van der Waals surface area contributed by atoms with E-state index in [0.29, 0.717) is 23.0 Å². The monoisotopic (exact) mass is 814 g/mol. The summed E-state index contributed by atoms with van der Waals surface area (Å²) < 4.78 is 7.16. The van der Waals surface area contributed by atoms with Crippen molar-refractivity contribution in [2.45, 2.75) is 51.4 Å². The number of nitriles is 2. The lowest BCUT2D eigenvalue weighted by Gasteiger charge is -2.63. The third kappa shape index (κ3) is 5.87. The molecule has 0 aromatic heterocycles. The van der Waals surface area contributed by atoms with E-state index in [1.807, 2.05) is 24.3 Å². The molecule has 0 radical (unpaired) electrons. The molecule has 5 nitrogen and oxygen atoms in total. The number of para-hydroxylation sites is 2. The van der Waals surface area contributed by atoms with E-state index >= 15 is 0 Å². The predicted octanol–water partition coefficient (Wildman–Crippen LogP) is 15.1. The fraction of sp³-hybridized carbons (Fsp3) is 0.207. The Morgan fingerprint density at radius 3 is 1.29 bits per heavy atom. The average Bonchev–Trinajstić information content (AvgIpc) is 3.31. The summed E-state index contributed by atoms with van der Waals surface area (Å²) >= 11 is 0. The summed E-state index contributed by atoms with van der Waals surface area (Å²) in [5.74, 6) is 4.69. The summed E-state index contributed by atoms with van der Waals surface area (Å²) in [5.41, 5.74) is 12.6. The largest absolute Gasteiger partial charge is 0.457 e. The van der Waals surface area contributed by atoms with Gasteiger partial charge in [0.25, 0.3) is 0 Å². The average molecular weight is 815 g/mol. The summed E-state index contributed by atoms with van der Waals surface area (Å²) in [4.78, 5) is 4.64. The lowest BCUT2D eigenvalue weighted by molar-refractivity contribution is -0.0451. The number of fused-ring (bicyclic) bond motifs is 4. The van der Waals surface area contributed by atoms with E-state index in [-0.39, 0.29) is 5.41 Å². The van der Waals surface area contributed by atoms with Crippen LogP contribution in [0.1, 0.15) is 65.5 Å². The van der Waals surface area contributed by atoms with Gasteiger partial charge in [-0.05, 0) is 211 Å². The molecule has 1 aliphatic heterocycles. The van der Waals surface area contributed by atoms with E-state index in [1.165, 1.54) is 65.1 Å². The maximum atomic E-state index is 9.62. The summed E-state index contributed by atoms with van der Waals surface area (Å²) in [6.07, 6.45) is 6.45. The quantitative estimate of drug-likeness (QED) is 0.167. The van der Waals surface area contributed by atoms with E-state index in [1.54, 1.807) is 0 Å². The molecule has 8 aromatic carbocycles. The molecular weight excluding hydrogens is 769 g/mol. The number of aryl methyl sites for hydroxylation is 2. The van der Waals surface area contributed by atoms with E-state index in [4.69, 9.17) is 4.74 Å². The van der Waals surface area contributed by atoms with Crippen molar-refractivity contribution in [1.82, 2.24) is 0 Å². The van der Waals surface area contributed by atoms with Gasteiger partial charge in [0.05, 0.1) is 23.3 Å². The fourth-order valence-electron chi connectivity index (χ4n) is 12.5. The van der Waals surface area contributed by atoms with Gasteiger partial charge in [-0.3, -0.25) is 0 Å². The maximum Gasteiger partial charge on any atom is 0.132 e. The normalized spacial score (nSPS) is 19.8. The number of ether oxygens (including phenoxy) is 1. The smallest absolute Gasteiger partial charge is 0.132 e. The first-order valence-electron chi connectivity index (χ1n) is 22.4. The molecular formula is C58H46N4O. The molecule has 4 bridgehead atoms. The third-order valence-electron chi connectivity index (χ3n) is 15.1. The van der Waals surface area contributed by atoms with Crippen molar-refractivity contribution in [2.24, 2.45) is 23.7 Å². The molecule has 13 rings (SSSR count). The van der Waals surface area contributed by atoms with Crippen molar-refractivity contribution in [1.29, 1.82) is 10.5 Å². The van der Waals surface area contributed by atoms with E-state index in [2.05, 4.69) is 169 Å². The Morgan fingerprint density at radius 2 is 0.873 bits per heavy atom. The number of hydrogen-bond donors (Lipinski definition) is 0. The molecule has 4 fully saturated rings. The van der Waals surface area contributed by atoms with Crippen LogP contribution >= 0.6 is 0 Å². The molecule has 63 heavy (non-hydrogen) atoms. The Hall–Kier alpha value is -7.34. The second kappa shape index (κ2) is 14.4. The predicted molar refractivity (Wildman–Crippen MR) is 254 cm³/mol. The topological polar surface area (TPSA) is 63.3 Å². The molecule has 4 aliphatic carbocycles. The summed E-state index contributed by atoms with van der Waals surface area (Å²) in [7, 11) is 0. The lowest BCUT2D eigenvalue weighted by atomic mass is 9.41. The van der Waals surface area contributed by atoms with Gasteiger partial charge in [-0.2, -0.15) is 10.5 Å². The van der Waals surface area contributed by atoms with Gasteiger partial charge in [-0.25, -0.2) is 0 Å². The van der Waals surface area contributed by atoms with E-state index in [0.717, 1.165) is 68.2 Å². The van der Waals surface area contributed by atoms with Gasteiger partial charge in [-0.1, -0.05) is 48.5 Å². The molecule has 0 amide bonds. The second-order valence-electron chi connectivity index (χ2n) is 18.6. The van der Waals surface area contributed by atoms with Crippen molar-refractivity contribution in [3.63, 3.8) is 0 Å². The molecule has 0 saturated heterocycles. The first kappa shape index (κ1) is 37.4. The van der Waals surface area contributed by atoms with Gasteiger partial charge >= 0.3 is 0 Å². The Kier molecular flexibility index (Phi) is 8.54. The van der Waals surface area contributed by atoms with Crippen LogP contribution in [-0.2, 0) is 5.41 Å². The van der Waals surface area contributed by atoms with Gasteiger partial charge in [0.2, 0.25) is 0 Å². The molecule has 8 aromatic rings. The van der Waals surface area contributed by atoms with Crippen LogP contribution in [0, 0.1) is 60.2 Å². The minimum atomic E-state index is -0.156. The molecule has 4 saturated carbocycles. The van der Waals surface area contributed by atoms with Crippen molar-refractivity contribution in [3.8, 4) is 23.6 Å². The van der Waals surface area contributed by atoms with Crippen LogP contribution in [0.15, 0.2) is 158 Å². The van der Waals surface area contributed by atoms with Crippen LogP contribution in [0.25, 0.3) is 21.5 Å². The Labute approximate surface area is 369 Å². The maximum absolute atomic E-state index is 9.62. The number of benzene rings is 8. The third-order valence-corrected chi connectivity index (χ3v) is 15.1. The summed E-state index contributed by atoms with van der Waals surface area (Å²) in [6.45, 7) is 4.32. The standard InChI is InChI=1S/C58H46N4O/c1-36-7-3-5-9-54(36)61(48-17-11-38(34-59)12-18-48)50-21-15-42-32-56-52(30-44(42)28-50)58(46-24-40-23-41(26-46)27-47(58)25-40)53-31-45-29-51(22-16-43(45)33-57(53)63-56)62(55-10-6-4-8-37(55)2)49-19-13-39(35-60)14-20-49/h3-22,28-33,40-41,46-47H,23-27H2,1-2H3. The summed E-state index contributed by atoms with van der Waals surface area (Å²) in [6, 6.07) is 60.7.